The van der Waals surface area contributed by atoms with Crippen LogP contribution >= 0.6 is 11.6 Å². The van der Waals surface area contributed by atoms with E-state index >= 15 is 0 Å². The van der Waals surface area contributed by atoms with Gasteiger partial charge in [-0.25, -0.2) is 8.42 Å². The van der Waals surface area contributed by atoms with Gasteiger partial charge in [-0.1, -0.05) is 11.6 Å². The second-order valence-corrected chi connectivity index (χ2v) is 5.46. The third-order valence-electron chi connectivity index (χ3n) is 2.14. The topological polar surface area (TPSA) is 113 Å². The highest BCUT2D eigenvalue weighted by atomic mass is 35.5. The molecule has 0 saturated carbocycles. The van der Waals surface area contributed by atoms with E-state index in [2.05, 4.69) is 0 Å². The van der Waals surface area contributed by atoms with Crippen molar-refractivity contribution in [3.63, 3.8) is 0 Å². The van der Waals surface area contributed by atoms with Gasteiger partial charge in [-0.05, 0) is 13.0 Å². The SMILES string of the molecule is Cc1c(Cl)cc(S(=O)(=O)NCC#N)cc1[N+](=O)[O-]. The summed E-state index contributed by atoms with van der Waals surface area (Å²) < 4.78 is 25.3. The fraction of sp³-hybridized carbons (Fsp3) is 0.222. The average molecular weight is 290 g/mol. The molecule has 0 spiro atoms. The van der Waals surface area contributed by atoms with E-state index in [4.69, 9.17) is 16.9 Å². The summed E-state index contributed by atoms with van der Waals surface area (Å²) in [5.74, 6) is 0. The van der Waals surface area contributed by atoms with E-state index in [0.29, 0.717) is 0 Å². The molecule has 1 rings (SSSR count). The molecule has 0 aliphatic rings. The molecule has 1 aromatic carbocycles. The molecule has 1 aromatic rings. The van der Waals surface area contributed by atoms with Gasteiger partial charge in [-0.2, -0.15) is 9.98 Å². The number of nitrogens with zero attached hydrogens (tertiary/aromatic N) is 2. The van der Waals surface area contributed by atoms with Crippen molar-refractivity contribution in [2.24, 2.45) is 0 Å². The zero-order valence-corrected chi connectivity index (χ0v) is 10.7. The van der Waals surface area contributed by atoms with Crippen molar-refractivity contribution in [2.75, 3.05) is 6.54 Å². The van der Waals surface area contributed by atoms with Crippen LogP contribution in [-0.2, 0) is 10.0 Å². The van der Waals surface area contributed by atoms with Crippen LogP contribution in [0.1, 0.15) is 5.56 Å². The largest absolute Gasteiger partial charge is 0.275 e. The number of benzene rings is 1. The van der Waals surface area contributed by atoms with Crippen molar-refractivity contribution >= 4 is 27.3 Å². The maximum absolute atomic E-state index is 11.7. The summed E-state index contributed by atoms with van der Waals surface area (Å²) in [7, 11) is -3.98. The molecule has 9 heteroatoms. The maximum Gasteiger partial charge on any atom is 0.275 e. The normalized spacial score (nSPS) is 10.9. The van der Waals surface area contributed by atoms with Crippen LogP contribution in [0.4, 0.5) is 5.69 Å². The Balaban J connectivity index is 3.36. The third kappa shape index (κ3) is 2.95. The van der Waals surface area contributed by atoms with Gasteiger partial charge in [0.15, 0.2) is 0 Å². The predicted molar refractivity (Wildman–Crippen MR) is 63.6 cm³/mol. The second-order valence-electron chi connectivity index (χ2n) is 3.29. The van der Waals surface area contributed by atoms with E-state index in [1.165, 1.54) is 6.92 Å². The molecule has 0 fully saturated rings. The predicted octanol–water partition coefficient (Wildman–Crippen LogP) is 1.36. The Morgan fingerprint density at radius 2 is 2.17 bits per heavy atom. The van der Waals surface area contributed by atoms with Gasteiger partial charge in [-0.15, -0.1) is 0 Å². The third-order valence-corrected chi connectivity index (χ3v) is 3.91. The molecule has 0 atom stereocenters. The Bertz CT molecular complexity index is 636. The number of nitro groups is 1. The maximum atomic E-state index is 11.7. The summed E-state index contributed by atoms with van der Waals surface area (Å²) in [6.07, 6.45) is 0. The van der Waals surface area contributed by atoms with Gasteiger partial charge in [0.1, 0.15) is 0 Å². The Labute approximate surface area is 108 Å². The number of nitro benzene ring substituents is 1. The summed E-state index contributed by atoms with van der Waals surface area (Å²) in [6.45, 7) is 0.987. The molecule has 0 saturated heterocycles. The molecule has 0 amide bonds. The summed E-state index contributed by atoms with van der Waals surface area (Å²) in [6, 6.07) is 3.60. The molecule has 1 N–H and O–H groups in total. The van der Waals surface area contributed by atoms with Crippen molar-refractivity contribution in [3.05, 3.63) is 32.8 Å². The summed E-state index contributed by atoms with van der Waals surface area (Å²) in [5.41, 5.74) is -0.208. The smallest absolute Gasteiger partial charge is 0.258 e. The number of sulfonamides is 1. The van der Waals surface area contributed by atoms with Gasteiger partial charge in [0.2, 0.25) is 10.0 Å². The Kier molecular flexibility index (Phi) is 4.24. The van der Waals surface area contributed by atoms with Crippen molar-refractivity contribution in [2.45, 2.75) is 11.8 Å². The lowest BCUT2D eigenvalue weighted by molar-refractivity contribution is -0.385. The van der Waals surface area contributed by atoms with E-state index in [9.17, 15) is 18.5 Å². The van der Waals surface area contributed by atoms with Crippen LogP contribution in [0.25, 0.3) is 0 Å². The van der Waals surface area contributed by atoms with Gasteiger partial charge < -0.3 is 0 Å². The first-order chi connectivity index (χ1) is 8.29. The number of rotatable bonds is 4. The Hall–Kier alpha value is -1.69. The lowest BCUT2D eigenvalue weighted by Gasteiger charge is -2.06. The molecule has 0 unspecified atom stereocenters. The molecule has 18 heavy (non-hydrogen) atoms. The fourth-order valence-electron chi connectivity index (χ4n) is 1.20. The van der Waals surface area contributed by atoms with E-state index in [0.717, 1.165) is 12.1 Å². The van der Waals surface area contributed by atoms with Gasteiger partial charge in [-0.3, -0.25) is 10.1 Å². The fourth-order valence-corrected chi connectivity index (χ4v) is 2.44. The lowest BCUT2D eigenvalue weighted by atomic mass is 10.2. The molecular formula is C9H8ClN3O4S. The van der Waals surface area contributed by atoms with Crippen molar-refractivity contribution in [1.82, 2.24) is 4.72 Å². The minimum absolute atomic E-state index is 0.0264. The second kappa shape index (κ2) is 5.30. The number of nitriles is 1. The standard InChI is InChI=1S/C9H8ClN3O4S/c1-6-8(10)4-7(5-9(6)13(14)15)18(16,17)12-3-2-11/h4-5,12H,3H2,1H3. The number of nitrogens with one attached hydrogen (secondary N) is 1. The highest BCUT2D eigenvalue weighted by Crippen LogP contribution is 2.29. The Morgan fingerprint density at radius 1 is 1.56 bits per heavy atom. The van der Waals surface area contributed by atoms with E-state index in [1.54, 1.807) is 6.07 Å². The van der Waals surface area contributed by atoms with Crippen LogP contribution in [0.3, 0.4) is 0 Å². The average Bonchev–Trinajstić information content (AvgIpc) is 2.29. The monoisotopic (exact) mass is 289 g/mol. The summed E-state index contributed by atoms with van der Waals surface area (Å²) >= 11 is 5.74. The highest BCUT2D eigenvalue weighted by molar-refractivity contribution is 7.89. The zero-order valence-electron chi connectivity index (χ0n) is 9.18. The Morgan fingerprint density at radius 3 is 2.67 bits per heavy atom. The summed E-state index contributed by atoms with van der Waals surface area (Å²) in [5, 5.41) is 19.0. The van der Waals surface area contributed by atoms with E-state index < -0.39 is 21.5 Å². The van der Waals surface area contributed by atoms with Gasteiger partial charge in [0, 0.05) is 11.6 Å². The molecule has 0 aliphatic heterocycles. The molecule has 7 nitrogen and oxygen atoms in total. The molecular weight excluding hydrogens is 282 g/mol. The van der Waals surface area contributed by atoms with Crippen LogP contribution < -0.4 is 4.72 Å². The molecule has 0 aliphatic carbocycles. The van der Waals surface area contributed by atoms with Crippen LogP contribution in [0.15, 0.2) is 17.0 Å². The van der Waals surface area contributed by atoms with Crippen LogP contribution in [0.2, 0.25) is 5.02 Å². The minimum atomic E-state index is -3.98. The van der Waals surface area contributed by atoms with Gasteiger partial charge >= 0.3 is 0 Å². The van der Waals surface area contributed by atoms with Gasteiger partial charge in [0.25, 0.3) is 5.69 Å². The quantitative estimate of drug-likeness (QED) is 0.511. The molecule has 0 radical (unpaired) electrons. The molecule has 0 bridgehead atoms. The van der Waals surface area contributed by atoms with Crippen molar-refractivity contribution in [1.29, 1.82) is 5.26 Å². The van der Waals surface area contributed by atoms with Crippen molar-refractivity contribution < 1.29 is 13.3 Å². The first kappa shape index (κ1) is 14.4. The van der Waals surface area contributed by atoms with Gasteiger partial charge in [0.05, 0.1) is 27.5 Å². The van der Waals surface area contributed by atoms with Crippen LogP contribution in [-0.4, -0.2) is 19.9 Å². The number of hydrogen-bond acceptors (Lipinski definition) is 5. The summed E-state index contributed by atoms with van der Waals surface area (Å²) in [4.78, 5) is 9.68. The molecule has 0 aromatic heterocycles. The van der Waals surface area contributed by atoms with E-state index in [1.807, 2.05) is 4.72 Å². The van der Waals surface area contributed by atoms with Crippen molar-refractivity contribution in [3.8, 4) is 6.07 Å². The minimum Gasteiger partial charge on any atom is -0.258 e. The lowest BCUT2D eigenvalue weighted by Crippen LogP contribution is -2.24. The molecule has 0 heterocycles. The first-order valence-electron chi connectivity index (χ1n) is 4.60. The number of halogens is 1. The van der Waals surface area contributed by atoms with E-state index in [-0.39, 0.29) is 21.2 Å². The van der Waals surface area contributed by atoms with Crippen LogP contribution in [0, 0.1) is 28.4 Å². The highest BCUT2D eigenvalue weighted by Gasteiger charge is 2.22. The van der Waals surface area contributed by atoms with Crippen LogP contribution in [0.5, 0.6) is 0 Å². The zero-order chi connectivity index (χ0) is 13.9. The number of hydrogen-bond donors (Lipinski definition) is 1. The first-order valence-corrected chi connectivity index (χ1v) is 6.47. The molecule has 96 valence electrons.